The first-order valence-corrected chi connectivity index (χ1v) is 4.31. The van der Waals surface area contributed by atoms with Gasteiger partial charge in [0, 0.05) is 11.6 Å². The lowest BCUT2D eigenvalue weighted by Crippen LogP contribution is -2.10. The van der Waals surface area contributed by atoms with Gasteiger partial charge in [-0.05, 0) is 25.5 Å². The number of aryl methyl sites for hydroxylation is 1. The number of halogens is 2. The lowest BCUT2D eigenvalue weighted by atomic mass is 10.1. The molecule has 2 N–H and O–H groups in total. The van der Waals surface area contributed by atoms with Gasteiger partial charge in [-0.2, -0.15) is 8.78 Å². The van der Waals surface area contributed by atoms with Gasteiger partial charge in [-0.3, -0.25) is 0 Å². The summed E-state index contributed by atoms with van der Waals surface area (Å²) in [7, 11) is 0. The lowest BCUT2D eigenvalue weighted by Gasteiger charge is -2.13. The molecule has 0 aliphatic rings. The monoisotopic (exact) mass is 201 g/mol. The number of ether oxygens (including phenoxy) is 1. The van der Waals surface area contributed by atoms with Gasteiger partial charge in [-0.25, -0.2) is 0 Å². The number of rotatable bonds is 3. The molecule has 2 nitrogen and oxygen atoms in total. The van der Waals surface area contributed by atoms with Crippen molar-refractivity contribution >= 4 is 0 Å². The first-order chi connectivity index (χ1) is 6.50. The molecule has 0 spiro atoms. The topological polar surface area (TPSA) is 35.2 Å². The van der Waals surface area contributed by atoms with Gasteiger partial charge in [-0.1, -0.05) is 12.1 Å². The van der Waals surface area contributed by atoms with Crippen LogP contribution in [-0.4, -0.2) is 6.61 Å². The van der Waals surface area contributed by atoms with Crippen LogP contribution in [0.25, 0.3) is 0 Å². The minimum Gasteiger partial charge on any atom is -0.434 e. The zero-order chi connectivity index (χ0) is 10.7. The summed E-state index contributed by atoms with van der Waals surface area (Å²) in [6, 6.07) is 4.77. The molecule has 0 unspecified atom stereocenters. The average molecular weight is 201 g/mol. The summed E-state index contributed by atoms with van der Waals surface area (Å²) in [6.45, 7) is 0.723. The second-order valence-electron chi connectivity index (χ2n) is 3.21. The molecule has 0 heterocycles. The van der Waals surface area contributed by atoms with E-state index in [-0.39, 0.29) is 11.8 Å². The van der Waals surface area contributed by atoms with Crippen LogP contribution in [0.2, 0.25) is 0 Å². The van der Waals surface area contributed by atoms with Crippen molar-refractivity contribution in [3.63, 3.8) is 0 Å². The Hall–Kier alpha value is -1.16. The van der Waals surface area contributed by atoms with E-state index in [0.29, 0.717) is 5.56 Å². The number of nitrogens with two attached hydrogens (primary N) is 1. The molecule has 1 aromatic rings. The van der Waals surface area contributed by atoms with Crippen molar-refractivity contribution < 1.29 is 13.5 Å². The minimum absolute atomic E-state index is 0.162. The zero-order valence-electron chi connectivity index (χ0n) is 8.13. The van der Waals surface area contributed by atoms with E-state index in [2.05, 4.69) is 4.74 Å². The van der Waals surface area contributed by atoms with Crippen molar-refractivity contribution in [1.82, 2.24) is 0 Å². The molecule has 78 valence electrons. The molecule has 1 rings (SSSR count). The molecular weight excluding hydrogens is 188 g/mol. The van der Waals surface area contributed by atoms with Crippen molar-refractivity contribution in [2.45, 2.75) is 26.5 Å². The van der Waals surface area contributed by atoms with Gasteiger partial charge >= 0.3 is 6.61 Å². The van der Waals surface area contributed by atoms with E-state index in [1.165, 1.54) is 0 Å². The third-order valence-corrected chi connectivity index (χ3v) is 1.88. The summed E-state index contributed by atoms with van der Waals surface area (Å²) in [6.07, 6.45) is 0. The fourth-order valence-corrected chi connectivity index (χ4v) is 1.22. The van der Waals surface area contributed by atoms with E-state index in [4.69, 9.17) is 5.73 Å². The minimum atomic E-state index is -2.81. The first-order valence-electron chi connectivity index (χ1n) is 4.31. The van der Waals surface area contributed by atoms with E-state index >= 15 is 0 Å². The lowest BCUT2D eigenvalue weighted by molar-refractivity contribution is -0.0506. The molecule has 0 radical (unpaired) electrons. The van der Waals surface area contributed by atoms with Crippen LogP contribution in [0, 0.1) is 6.92 Å². The van der Waals surface area contributed by atoms with Crippen molar-refractivity contribution in [3.8, 4) is 5.75 Å². The van der Waals surface area contributed by atoms with Crippen LogP contribution in [-0.2, 0) is 0 Å². The Morgan fingerprint density at radius 1 is 1.36 bits per heavy atom. The van der Waals surface area contributed by atoms with Crippen molar-refractivity contribution in [2.24, 2.45) is 5.73 Å². The molecule has 1 aromatic carbocycles. The fraction of sp³-hybridized carbons (Fsp3) is 0.400. The molecule has 0 bridgehead atoms. The van der Waals surface area contributed by atoms with Crippen LogP contribution in [0.4, 0.5) is 8.78 Å². The van der Waals surface area contributed by atoms with E-state index < -0.39 is 6.61 Å². The maximum Gasteiger partial charge on any atom is 0.387 e. The normalized spacial score (nSPS) is 13.0. The van der Waals surface area contributed by atoms with Crippen LogP contribution in [0.1, 0.15) is 24.1 Å². The number of benzene rings is 1. The van der Waals surface area contributed by atoms with Crippen molar-refractivity contribution in [3.05, 3.63) is 29.3 Å². The summed E-state index contributed by atoms with van der Waals surface area (Å²) in [5, 5.41) is 0. The van der Waals surface area contributed by atoms with Gasteiger partial charge in [0.05, 0.1) is 0 Å². The molecule has 0 saturated carbocycles. The quantitative estimate of drug-likeness (QED) is 0.815. The Balaban J connectivity index is 3.03. The molecular formula is C10H13F2NO. The molecule has 0 fully saturated rings. The summed E-state index contributed by atoms with van der Waals surface area (Å²) < 4.78 is 28.4. The maximum atomic E-state index is 12.0. The Morgan fingerprint density at radius 2 is 2.00 bits per heavy atom. The van der Waals surface area contributed by atoms with E-state index in [9.17, 15) is 8.78 Å². The smallest absolute Gasteiger partial charge is 0.387 e. The van der Waals surface area contributed by atoms with Crippen molar-refractivity contribution in [1.29, 1.82) is 0 Å². The van der Waals surface area contributed by atoms with Crippen LogP contribution in [0.5, 0.6) is 5.75 Å². The fourth-order valence-electron chi connectivity index (χ4n) is 1.22. The molecule has 0 aliphatic carbocycles. The Kier molecular flexibility index (Phi) is 3.41. The predicted molar refractivity (Wildman–Crippen MR) is 50.4 cm³/mol. The predicted octanol–water partition coefficient (Wildman–Crippen LogP) is 2.62. The summed E-state index contributed by atoms with van der Waals surface area (Å²) in [4.78, 5) is 0. The summed E-state index contributed by atoms with van der Waals surface area (Å²) >= 11 is 0. The van der Waals surface area contributed by atoms with E-state index in [0.717, 1.165) is 5.56 Å². The van der Waals surface area contributed by atoms with Gasteiger partial charge < -0.3 is 10.5 Å². The third kappa shape index (κ3) is 2.67. The van der Waals surface area contributed by atoms with E-state index in [1.807, 2.05) is 13.0 Å². The molecule has 0 aliphatic heterocycles. The zero-order valence-corrected chi connectivity index (χ0v) is 8.13. The summed E-state index contributed by atoms with van der Waals surface area (Å²) in [5.74, 6) is 0.162. The van der Waals surface area contributed by atoms with Crippen LogP contribution < -0.4 is 10.5 Å². The highest BCUT2D eigenvalue weighted by atomic mass is 19.3. The van der Waals surface area contributed by atoms with Gasteiger partial charge in [-0.15, -0.1) is 0 Å². The highest BCUT2D eigenvalue weighted by molar-refractivity contribution is 5.38. The van der Waals surface area contributed by atoms with Gasteiger partial charge in [0.1, 0.15) is 5.75 Å². The number of hydrogen-bond donors (Lipinski definition) is 1. The van der Waals surface area contributed by atoms with E-state index in [1.54, 1.807) is 19.1 Å². The molecule has 1 atom stereocenters. The molecule has 0 aromatic heterocycles. The molecule has 0 amide bonds. The second-order valence-corrected chi connectivity index (χ2v) is 3.21. The highest BCUT2D eigenvalue weighted by Gasteiger charge is 2.12. The Labute approximate surface area is 81.7 Å². The van der Waals surface area contributed by atoms with Crippen LogP contribution in [0.3, 0.4) is 0 Å². The SMILES string of the molecule is Cc1ccc([C@H](C)N)c(OC(F)F)c1. The van der Waals surface area contributed by atoms with Crippen LogP contribution >= 0.6 is 0 Å². The van der Waals surface area contributed by atoms with Gasteiger partial charge in [0.2, 0.25) is 0 Å². The molecule has 14 heavy (non-hydrogen) atoms. The second kappa shape index (κ2) is 4.37. The number of hydrogen-bond acceptors (Lipinski definition) is 2. The third-order valence-electron chi connectivity index (χ3n) is 1.88. The van der Waals surface area contributed by atoms with Crippen LogP contribution in [0.15, 0.2) is 18.2 Å². The summed E-state index contributed by atoms with van der Waals surface area (Å²) in [5.41, 5.74) is 7.07. The largest absolute Gasteiger partial charge is 0.434 e. The maximum absolute atomic E-state index is 12.0. The van der Waals surface area contributed by atoms with Gasteiger partial charge in [0.15, 0.2) is 0 Å². The molecule has 4 heteroatoms. The standard InChI is InChI=1S/C10H13F2NO/c1-6-3-4-8(7(2)13)9(5-6)14-10(11)12/h3-5,7,10H,13H2,1-2H3/t7-/m0/s1. The van der Waals surface area contributed by atoms with Crippen molar-refractivity contribution in [2.75, 3.05) is 0 Å². The highest BCUT2D eigenvalue weighted by Crippen LogP contribution is 2.26. The Morgan fingerprint density at radius 3 is 2.50 bits per heavy atom. The number of alkyl halides is 2. The Bertz CT molecular complexity index is 313. The molecule has 0 saturated heterocycles. The first kappa shape index (κ1) is 10.9. The average Bonchev–Trinajstić information content (AvgIpc) is 2.01. The van der Waals surface area contributed by atoms with Gasteiger partial charge in [0.25, 0.3) is 0 Å².